The maximum atomic E-state index is 12.9. The smallest absolute Gasteiger partial charge is 0.249 e. The number of amides is 2. The Bertz CT molecular complexity index is 404. The maximum Gasteiger partial charge on any atom is 0.249 e. The Labute approximate surface area is 120 Å². The highest BCUT2D eigenvalue weighted by atomic mass is 16.5. The Balaban J connectivity index is 1.79. The van der Waals surface area contributed by atoms with E-state index < -0.39 is 5.54 Å². The second-order valence-electron chi connectivity index (χ2n) is 6.48. The van der Waals surface area contributed by atoms with Crippen LogP contribution in [0.15, 0.2) is 0 Å². The average molecular weight is 280 g/mol. The molecule has 0 aromatic carbocycles. The topological polar surface area (TPSA) is 58.6 Å². The zero-order valence-electron chi connectivity index (χ0n) is 12.2. The van der Waals surface area contributed by atoms with Crippen molar-refractivity contribution in [2.75, 3.05) is 13.2 Å². The summed E-state index contributed by atoms with van der Waals surface area (Å²) in [6, 6.07) is 0.163. The SMILES string of the molecule is CC1CC(N2CC(=O)NC3(CCCCC3)C2=O)CCO1. The lowest BCUT2D eigenvalue weighted by molar-refractivity contribution is -0.156. The van der Waals surface area contributed by atoms with Crippen molar-refractivity contribution < 1.29 is 14.3 Å². The van der Waals surface area contributed by atoms with Crippen molar-refractivity contribution in [3.63, 3.8) is 0 Å². The number of rotatable bonds is 1. The molecule has 0 bridgehead atoms. The number of piperazine rings is 1. The van der Waals surface area contributed by atoms with Crippen LogP contribution < -0.4 is 5.32 Å². The van der Waals surface area contributed by atoms with E-state index in [-0.39, 0.29) is 30.5 Å². The first-order valence-electron chi connectivity index (χ1n) is 7.84. The van der Waals surface area contributed by atoms with Crippen molar-refractivity contribution in [3.8, 4) is 0 Å². The lowest BCUT2D eigenvalue weighted by Crippen LogP contribution is -2.69. The number of nitrogens with zero attached hydrogens (tertiary/aromatic N) is 1. The highest BCUT2D eigenvalue weighted by molar-refractivity contribution is 5.98. The molecular formula is C15H24N2O3. The van der Waals surface area contributed by atoms with Gasteiger partial charge in [-0.25, -0.2) is 0 Å². The molecule has 20 heavy (non-hydrogen) atoms. The second kappa shape index (κ2) is 5.35. The number of hydrogen-bond donors (Lipinski definition) is 1. The number of nitrogens with one attached hydrogen (secondary N) is 1. The fraction of sp³-hybridized carbons (Fsp3) is 0.867. The third-order valence-corrected chi connectivity index (χ3v) is 4.97. The predicted molar refractivity (Wildman–Crippen MR) is 74.1 cm³/mol. The molecule has 112 valence electrons. The van der Waals surface area contributed by atoms with Crippen molar-refractivity contribution in [2.45, 2.75) is 69.6 Å². The highest BCUT2D eigenvalue weighted by Crippen LogP contribution is 2.34. The summed E-state index contributed by atoms with van der Waals surface area (Å²) in [4.78, 5) is 26.8. The molecule has 2 saturated heterocycles. The molecular weight excluding hydrogens is 256 g/mol. The van der Waals surface area contributed by atoms with E-state index >= 15 is 0 Å². The van der Waals surface area contributed by atoms with E-state index in [0.717, 1.165) is 38.5 Å². The molecule has 1 N–H and O–H groups in total. The number of hydrogen-bond acceptors (Lipinski definition) is 3. The van der Waals surface area contributed by atoms with Crippen LogP contribution in [0.4, 0.5) is 0 Å². The molecule has 3 aliphatic rings. The third-order valence-electron chi connectivity index (χ3n) is 4.97. The molecule has 2 heterocycles. The first-order valence-corrected chi connectivity index (χ1v) is 7.84. The Morgan fingerprint density at radius 2 is 2.00 bits per heavy atom. The van der Waals surface area contributed by atoms with E-state index in [1.165, 1.54) is 6.42 Å². The molecule has 2 unspecified atom stereocenters. The first-order chi connectivity index (χ1) is 9.61. The zero-order valence-corrected chi connectivity index (χ0v) is 12.2. The predicted octanol–water partition coefficient (Wildman–Crippen LogP) is 1.22. The van der Waals surface area contributed by atoms with E-state index in [1.54, 1.807) is 0 Å². The molecule has 5 nitrogen and oxygen atoms in total. The van der Waals surface area contributed by atoms with Crippen LogP contribution in [-0.4, -0.2) is 47.6 Å². The van der Waals surface area contributed by atoms with Gasteiger partial charge in [-0.2, -0.15) is 0 Å². The van der Waals surface area contributed by atoms with E-state index in [9.17, 15) is 9.59 Å². The molecule has 5 heteroatoms. The highest BCUT2D eigenvalue weighted by Gasteiger charge is 2.48. The second-order valence-corrected chi connectivity index (χ2v) is 6.48. The van der Waals surface area contributed by atoms with Gasteiger partial charge in [-0.3, -0.25) is 9.59 Å². The molecule has 0 radical (unpaired) electrons. The maximum absolute atomic E-state index is 12.9. The van der Waals surface area contributed by atoms with E-state index in [4.69, 9.17) is 4.74 Å². The van der Waals surface area contributed by atoms with Gasteiger partial charge in [0.25, 0.3) is 0 Å². The van der Waals surface area contributed by atoms with Crippen molar-refractivity contribution in [1.29, 1.82) is 0 Å². The van der Waals surface area contributed by atoms with E-state index in [0.29, 0.717) is 6.61 Å². The van der Waals surface area contributed by atoms with Gasteiger partial charge < -0.3 is 15.0 Å². The number of carbonyl (C=O) groups is 2. The van der Waals surface area contributed by atoms with E-state index in [1.807, 2.05) is 11.8 Å². The van der Waals surface area contributed by atoms with Crippen LogP contribution >= 0.6 is 0 Å². The lowest BCUT2D eigenvalue weighted by Gasteiger charge is -2.47. The van der Waals surface area contributed by atoms with Crippen molar-refractivity contribution in [2.24, 2.45) is 0 Å². The summed E-state index contributed by atoms with van der Waals surface area (Å²) in [6.45, 7) is 2.94. The molecule has 0 aromatic heterocycles. The fourth-order valence-electron chi connectivity index (χ4n) is 3.91. The molecule has 3 fully saturated rings. The summed E-state index contributed by atoms with van der Waals surface area (Å²) in [5, 5.41) is 3.00. The van der Waals surface area contributed by atoms with Gasteiger partial charge in [0.1, 0.15) is 5.54 Å². The Kier molecular flexibility index (Phi) is 3.71. The summed E-state index contributed by atoms with van der Waals surface area (Å²) in [6.07, 6.45) is 6.69. The summed E-state index contributed by atoms with van der Waals surface area (Å²) in [5.74, 6) is 0.154. The molecule has 0 aromatic rings. The molecule has 1 spiro atoms. The molecule has 1 saturated carbocycles. The largest absolute Gasteiger partial charge is 0.378 e. The van der Waals surface area contributed by atoms with Crippen LogP contribution in [0.1, 0.15) is 51.9 Å². The van der Waals surface area contributed by atoms with Crippen LogP contribution in [0, 0.1) is 0 Å². The van der Waals surface area contributed by atoms with Gasteiger partial charge in [0.15, 0.2) is 0 Å². The fourth-order valence-corrected chi connectivity index (χ4v) is 3.91. The van der Waals surface area contributed by atoms with Gasteiger partial charge in [0, 0.05) is 12.6 Å². The third kappa shape index (κ3) is 2.43. The van der Waals surface area contributed by atoms with Crippen LogP contribution in [0.25, 0.3) is 0 Å². The standard InChI is InChI=1S/C15H24N2O3/c1-11-9-12(5-8-20-11)17-10-13(18)16-15(14(17)19)6-3-2-4-7-15/h11-12H,2-10H2,1H3,(H,16,18). The summed E-state index contributed by atoms with van der Waals surface area (Å²) in [5.41, 5.74) is -0.602. The molecule has 2 atom stereocenters. The minimum atomic E-state index is -0.602. The monoisotopic (exact) mass is 280 g/mol. The first kappa shape index (κ1) is 13.9. The van der Waals surface area contributed by atoms with Gasteiger partial charge >= 0.3 is 0 Å². The van der Waals surface area contributed by atoms with Crippen LogP contribution in [0.2, 0.25) is 0 Å². The van der Waals surface area contributed by atoms with Gasteiger partial charge in [0.05, 0.1) is 12.6 Å². The summed E-state index contributed by atoms with van der Waals surface area (Å²) in [7, 11) is 0. The summed E-state index contributed by atoms with van der Waals surface area (Å²) >= 11 is 0. The van der Waals surface area contributed by atoms with Crippen molar-refractivity contribution in [3.05, 3.63) is 0 Å². The normalized spacial score (nSPS) is 34.1. The van der Waals surface area contributed by atoms with Gasteiger partial charge in [-0.05, 0) is 32.6 Å². The molecule has 2 amide bonds. The van der Waals surface area contributed by atoms with Gasteiger partial charge in [-0.1, -0.05) is 19.3 Å². The Hall–Kier alpha value is -1.10. The number of ether oxygens (including phenoxy) is 1. The Morgan fingerprint density at radius 3 is 2.70 bits per heavy atom. The minimum absolute atomic E-state index is 0.00523. The van der Waals surface area contributed by atoms with Crippen LogP contribution in [0.3, 0.4) is 0 Å². The zero-order chi connectivity index (χ0) is 14.2. The lowest BCUT2D eigenvalue weighted by atomic mass is 9.78. The van der Waals surface area contributed by atoms with Gasteiger partial charge in [-0.15, -0.1) is 0 Å². The number of carbonyl (C=O) groups excluding carboxylic acids is 2. The quantitative estimate of drug-likeness (QED) is 0.785. The average Bonchev–Trinajstić information content (AvgIpc) is 2.44. The minimum Gasteiger partial charge on any atom is -0.378 e. The molecule has 1 aliphatic carbocycles. The molecule has 3 rings (SSSR count). The Morgan fingerprint density at radius 1 is 1.25 bits per heavy atom. The van der Waals surface area contributed by atoms with Crippen LogP contribution in [0.5, 0.6) is 0 Å². The molecule has 2 aliphatic heterocycles. The summed E-state index contributed by atoms with van der Waals surface area (Å²) < 4.78 is 5.56. The van der Waals surface area contributed by atoms with Gasteiger partial charge in [0.2, 0.25) is 11.8 Å². The van der Waals surface area contributed by atoms with Crippen molar-refractivity contribution in [1.82, 2.24) is 10.2 Å². The van der Waals surface area contributed by atoms with Crippen molar-refractivity contribution >= 4 is 11.8 Å². The van der Waals surface area contributed by atoms with Crippen LogP contribution in [-0.2, 0) is 14.3 Å². The van der Waals surface area contributed by atoms with E-state index in [2.05, 4.69) is 5.32 Å².